The van der Waals surface area contributed by atoms with Crippen LogP contribution in [0.3, 0.4) is 0 Å². The largest absolute Gasteiger partial charge is 0.496 e. The van der Waals surface area contributed by atoms with Crippen LogP contribution in [-0.4, -0.2) is 47.5 Å². The number of halogens is 2. The summed E-state index contributed by atoms with van der Waals surface area (Å²) in [5.74, 6) is -0.195. The molecule has 0 radical (unpaired) electrons. The van der Waals surface area contributed by atoms with Gasteiger partial charge in [0.2, 0.25) is 0 Å². The Morgan fingerprint density at radius 1 is 1.10 bits per heavy atom. The fraction of sp³-hybridized carbons (Fsp3) is 0.581. The highest BCUT2D eigenvalue weighted by molar-refractivity contribution is 6.66. The molecular weight excluding hydrogens is 532 g/mol. The van der Waals surface area contributed by atoms with E-state index in [4.69, 9.17) is 30.4 Å². The van der Waals surface area contributed by atoms with Crippen LogP contribution in [0.15, 0.2) is 36.4 Å². The van der Waals surface area contributed by atoms with Crippen LogP contribution in [0.25, 0.3) is 0 Å². The lowest BCUT2D eigenvalue weighted by atomic mass is 9.72. The molecule has 4 aliphatic rings. The van der Waals surface area contributed by atoms with Crippen LogP contribution < -0.4 is 10.2 Å². The molecule has 1 amide bonds. The molecule has 6 rings (SSSR count). The molecule has 3 aliphatic heterocycles. The minimum absolute atomic E-state index is 0.0289. The lowest BCUT2D eigenvalue weighted by molar-refractivity contribution is -0.0216. The Bertz CT molecular complexity index is 1340. The zero-order valence-electron chi connectivity index (χ0n) is 24.4. The van der Waals surface area contributed by atoms with E-state index in [1.165, 1.54) is 6.07 Å². The summed E-state index contributed by atoms with van der Waals surface area (Å²) in [6, 6.07) is 10.9. The number of amides is 1. The van der Waals surface area contributed by atoms with Crippen molar-refractivity contribution >= 4 is 30.3 Å². The molecule has 9 heteroatoms. The third-order valence-corrected chi connectivity index (χ3v) is 9.83. The minimum Gasteiger partial charge on any atom is -0.480 e. The molecule has 1 saturated carbocycles. The number of hydrogen-bond donors (Lipinski definition) is 0. The van der Waals surface area contributed by atoms with E-state index in [0.29, 0.717) is 24.2 Å². The van der Waals surface area contributed by atoms with Crippen molar-refractivity contribution in [1.29, 1.82) is 0 Å². The van der Waals surface area contributed by atoms with Gasteiger partial charge in [-0.25, -0.2) is 9.18 Å². The first-order chi connectivity index (χ1) is 18.6. The molecule has 1 aliphatic carbocycles. The predicted molar refractivity (Wildman–Crippen MR) is 153 cm³/mol. The Kier molecular flexibility index (Phi) is 6.17. The first-order valence-electron chi connectivity index (χ1n) is 14.2. The highest BCUT2D eigenvalue weighted by atomic mass is 35.5. The fourth-order valence-electron chi connectivity index (χ4n) is 6.42. The van der Waals surface area contributed by atoms with Crippen molar-refractivity contribution < 1.29 is 28.0 Å². The van der Waals surface area contributed by atoms with Gasteiger partial charge in [0, 0.05) is 30.1 Å². The third-order valence-electron chi connectivity index (χ3n) is 9.44. The quantitative estimate of drug-likeness (QED) is 0.401. The normalized spacial score (nSPS) is 27.6. The number of fused-ring (bicyclic) bond motifs is 1. The van der Waals surface area contributed by atoms with Crippen LogP contribution >= 0.6 is 11.6 Å². The lowest BCUT2D eigenvalue weighted by Crippen LogP contribution is -2.53. The maximum Gasteiger partial charge on any atom is 0.496 e. The highest BCUT2D eigenvalue weighted by Gasteiger charge is 2.63. The van der Waals surface area contributed by atoms with E-state index < -0.39 is 35.3 Å². The fourth-order valence-corrected chi connectivity index (χ4v) is 6.68. The number of ether oxygens (including phenoxy) is 2. The number of rotatable bonds is 3. The smallest absolute Gasteiger partial charge is 0.480 e. The first kappa shape index (κ1) is 27.9. The van der Waals surface area contributed by atoms with E-state index >= 15 is 4.39 Å². The second kappa shape index (κ2) is 8.86. The number of hydrogen-bond acceptors (Lipinski definition) is 5. The van der Waals surface area contributed by atoms with Crippen molar-refractivity contribution in [3.05, 3.63) is 58.4 Å². The minimum atomic E-state index is -0.970. The summed E-state index contributed by atoms with van der Waals surface area (Å²) in [6.07, 6.45) is 2.91. The molecule has 1 spiro atoms. The standard InChI is InChI=1S/C31H38BClFNO5/c1-27(2,3)38-26(36)35-18-30(13-14-30)17-23(35)31(19-11-9-8-10-12-19)16-20-22(37-31)15-21(34)25(33)24(20)32-39-28(4,5)29(6,7)40-32/h8-12,15,23H,13-14,16-18H2,1-7H3/t23-,31-/m0/s1. The summed E-state index contributed by atoms with van der Waals surface area (Å²) >= 11 is 6.67. The summed E-state index contributed by atoms with van der Waals surface area (Å²) in [7, 11) is -0.863. The Hall–Kier alpha value is -2.29. The topological polar surface area (TPSA) is 57.2 Å². The number of nitrogens with zero attached hydrogens (tertiary/aromatic N) is 1. The average Bonchev–Trinajstić information content (AvgIpc) is 3.22. The van der Waals surface area contributed by atoms with E-state index in [1.54, 1.807) is 0 Å². The number of benzene rings is 2. The third kappa shape index (κ3) is 4.42. The zero-order chi connectivity index (χ0) is 28.9. The van der Waals surface area contributed by atoms with E-state index in [9.17, 15) is 4.79 Å². The highest BCUT2D eigenvalue weighted by Crippen LogP contribution is 2.60. The lowest BCUT2D eigenvalue weighted by Gasteiger charge is -2.40. The van der Waals surface area contributed by atoms with Gasteiger partial charge in [0.25, 0.3) is 0 Å². The summed E-state index contributed by atoms with van der Waals surface area (Å²) in [5, 5.41) is -0.0289. The average molecular weight is 570 g/mol. The summed E-state index contributed by atoms with van der Waals surface area (Å²) in [6.45, 7) is 14.1. The number of likely N-dealkylation sites (tertiary alicyclic amines) is 1. The molecular formula is C31H38BClFNO5. The van der Waals surface area contributed by atoms with Gasteiger partial charge in [-0.15, -0.1) is 0 Å². The van der Waals surface area contributed by atoms with Gasteiger partial charge in [-0.3, -0.25) is 0 Å². The molecule has 0 unspecified atom stereocenters. The summed E-state index contributed by atoms with van der Waals surface area (Å²) in [4.78, 5) is 15.5. The van der Waals surface area contributed by atoms with E-state index in [2.05, 4.69) is 0 Å². The van der Waals surface area contributed by atoms with E-state index in [1.807, 2.05) is 83.7 Å². The van der Waals surface area contributed by atoms with Crippen LogP contribution in [0.2, 0.25) is 5.02 Å². The Balaban J connectivity index is 1.47. The maximum atomic E-state index is 15.4. The van der Waals surface area contributed by atoms with Crippen molar-refractivity contribution in [2.75, 3.05) is 6.54 Å². The van der Waals surface area contributed by atoms with Crippen molar-refractivity contribution in [1.82, 2.24) is 4.90 Å². The van der Waals surface area contributed by atoms with Crippen LogP contribution in [0.4, 0.5) is 9.18 Å². The van der Waals surface area contributed by atoms with Crippen LogP contribution in [0.5, 0.6) is 5.75 Å². The SMILES string of the molecule is CC(C)(C)OC(=O)N1CC2(CC2)C[C@H]1[C@@]1(c2ccccc2)Cc2c(cc(F)c(Cl)c2B2OC(C)(C)C(C)(C)O2)O1. The van der Waals surface area contributed by atoms with Gasteiger partial charge in [-0.1, -0.05) is 41.9 Å². The monoisotopic (exact) mass is 569 g/mol. The molecule has 0 aromatic heterocycles. The van der Waals surface area contributed by atoms with Crippen molar-refractivity contribution in [2.45, 2.75) is 103 Å². The molecule has 0 N–H and O–H groups in total. The maximum absolute atomic E-state index is 15.4. The van der Waals surface area contributed by atoms with Gasteiger partial charge in [0.05, 0.1) is 22.3 Å². The van der Waals surface area contributed by atoms with Gasteiger partial charge in [-0.2, -0.15) is 0 Å². The van der Waals surface area contributed by atoms with Crippen molar-refractivity contribution in [3.8, 4) is 5.75 Å². The second-order valence-electron chi connectivity index (χ2n) is 14.0. The second-order valence-corrected chi connectivity index (χ2v) is 14.4. The van der Waals surface area contributed by atoms with Crippen LogP contribution in [-0.2, 0) is 26.1 Å². The van der Waals surface area contributed by atoms with Crippen molar-refractivity contribution in [2.24, 2.45) is 5.41 Å². The van der Waals surface area contributed by atoms with Crippen LogP contribution in [0.1, 0.15) is 78.9 Å². The molecule has 2 aromatic carbocycles. The van der Waals surface area contributed by atoms with Gasteiger partial charge >= 0.3 is 13.2 Å². The summed E-state index contributed by atoms with van der Waals surface area (Å²) < 4.78 is 40.9. The van der Waals surface area contributed by atoms with E-state index in [0.717, 1.165) is 30.4 Å². The van der Waals surface area contributed by atoms with Gasteiger partial charge < -0.3 is 23.7 Å². The molecule has 2 aromatic rings. The molecule has 2 atom stereocenters. The molecule has 2 saturated heterocycles. The van der Waals surface area contributed by atoms with Gasteiger partial charge in [0.15, 0.2) is 5.60 Å². The molecule has 40 heavy (non-hydrogen) atoms. The number of carbonyl (C=O) groups excluding carboxylic acids is 1. The molecule has 3 heterocycles. The molecule has 6 nitrogen and oxygen atoms in total. The number of carbonyl (C=O) groups is 1. The predicted octanol–water partition coefficient (Wildman–Crippen LogP) is 6.40. The Labute approximate surface area is 241 Å². The van der Waals surface area contributed by atoms with Crippen LogP contribution in [0, 0.1) is 11.2 Å². The zero-order valence-corrected chi connectivity index (χ0v) is 25.2. The molecule has 214 valence electrons. The summed E-state index contributed by atoms with van der Waals surface area (Å²) in [5.41, 5.74) is -0.701. The Morgan fingerprint density at radius 3 is 2.30 bits per heavy atom. The first-order valence-corrected chi connectivity index (χ1v) is 14.5. The van der Waals surface area contributed by atoms with E-state index in [-0.39, 0.29) is 22.6 Å². The molecule has 3 fully saturated rings. The van der Waals surface area contributed by atoms with Crippen molar-refractivity contribution in [3.63, 3.8) is 0 Å². The van der Waals surface area contributed by atoms with Gasteiger partial charge in [-0.05, 0) is 78.7 Å². The Morgan fingerprint density at radius 2 is 1.73 bits per heavy atom. The molecule has 0 bridgehead atoms. The van der Waals surface area contributed by atoms with Gasteiger partial charge in [0.1, 0.15) is 17.2 Å².